The van der Waals surface area contributed by atoms with E-state index in [0.29, 0.717) is 18.6 Å². The minimum Gasteiger partial charge on any atom is -0.313 e. The summed E-state index contributed by atoms with van der Waals surface area (Å²) in [5, 5.41) is 3.48. The Bertz CT molecular complexity index is 354. The lowest BCUT2D eigenvalue weighted by molar-refractivity contribution is 0.194. The lowest BCUT2D eigenvalue weighted by Gasteiger charge is -2.32. The van der Waals surface area contributed by atoms with E-state index >= 15 is 0 Å². The Morgan fingerprint density at radius 3 is 2.50 bits per heavy atom. The zero-order valence-corrected chi connectivity index (χ0v) is 11.9. The number of hydrogen-bond donors (Lipinski definition) is 1. The van der Waals surface area contributed by atoms with Crippen LogP contribution in [-0.2, 0) is 6.54 Å². The summed E-state index contributed by atoms with van der Waals surface area (Å²) in [6.45, 7) is 8.11. The van der Waals surface area contributed by atoms with Crippen LogP contribution in [0.5, 0.6) is 0 Å². The van der Waals surface area contributed by atoms with Crippen molar-refractivity contribution in [3.63, 3.8) is 0 Å². The predicted molar refractivity (Wildman–Crippen MR) is 75.1 cm³/mol. The molecule has 0 amide bonds. The van der Waals surface area contributed by atoms with Gasteiger partial charge in [-0.2, -0.15) is 0 Å². The lowest BCUT2D eigenvalue weighted by atomic mass is 10.1. The van der Waals surface area contributed by atoms with Gasteiger partial charge >= 0.3 is 0 Å². The van der Waals surface area contributed by atoms with E-state index in [1.807, 2.05) is 12.1 Å². The molecule has 0 spiro atoms. The van der Waals surface area contributed by atoms with E-state index in [0.717, 1.165) is 18.5 Å². The topological polar surface area (TPSA) is 15.3 Å². The molecule has 1 aromatic rings. The number of rotatable bonds is 7. The molecule has 1 aromatic carbocycles. The van der Waals surface area contributed by atoms with E-state index in [2.05, 4.69) is 38.0 Å². The van der Waals surface area contributed by atoms with Crippen LogP contribution in [0.1, 0.15) is 32.8 Å². The Morgan fingerprint density at radius 2 is 1.94 bits per heavy atom. The van der Waals surface area contributed by atoms with Crippen molar-refractivity contribution in [2.45, 2.75) is 45.8 Å². The van der Waals surface area contributed by atoms with Crippen molar-refractivity contribution < 1.29 is 4.39 Å². The highest BCUT2D eigenvalue weighted by Crippen LogP contribution is 2.13. The molecule has 0 aliphatic carbocycles. The average Bonchev–Trinajstić information content (AvgIpc) is 2.37. The van der Waals surface area contributed by atoms with Crippen LogP contribution < -0.4 is 5.32 Å². The van der Waals surface area contributed by atoms with Gasteiger partial charge in [-0.3, -0.25) is 4.90 Å². The predicted octanol–water partition coefficient (Wildman–Crippen LogP) is 3.03. The standard InChI is InChI=1S/C15H25FN2/c1-5-15(17-6-2)12(3)18(4)11-13-9-7-8-10-14(13)16/h7-10,12,15,17H,5-6,11H2,1-4H3. The van der Waals surface area contributed by atoms with E-state index in [-0.39, 0.29) is 5.82 Å². The van der Waals surface area contributed by atoms with Crippen molar-refractivity contribution >= 4 is 0 Å². The van der Waals surface area contributed by atoms with E-state index in [1.54, 1.807) is 6.07 Å². The normalized spacial score (nSPS) is 14.8. The fraction of sp³-hybridized carbons (Fsp3) is 0.600. The number of likely N-dealkylation sites (N-methyl/N-ethyl adjacent to an activating group) is 2. The molecule has 0 aliphatic heterocycles. The first-order chi connectivity index (χ1) is 8.60. The second-order valence-electron chi connectivity index (χ2n) is 4.82. The zero-order valence-electron chi connectivity index (χ0n) is 11.9. The summed E-state index contributed by atoms with van der Waals surface area (Å²) >= 11 is 0. The van der Waals surface area contributed by atoms with Crippen LogP contribution in [0.15, 0.2) is 24.3 Å². The summed E-state index contributed by atoms with van der Waals surface area (Å²) in [7, 11) is 2.05. The molecule has 0 fully saturated rings. The van der Waals surface area contributed by atoms with Crippen molar-refractivity contribution in [1.29, 1.82) is 0 Å². The van der Waals surface area contributed by atoms with Gasteiger partial charge in [0.15, 0.2) is 0 Å². The highest BCUT2D eigenvalue weighted by molar-refractivity contribution is 5.17. The third-order valence-corrected chi connectivity index (χ3v) is 3.56. The third-order valence-electron chi connectivity index (χ3n) is 3.56. The summed E-state index contributed by atoms with van der Waals surface area (Å²) in [5.74, 6) is -0.118. The molecule has 18 heavy (non-hydrogen) atoms. The second-order valence-corrected chi connectivity index (χ2v) is 4.82. The number of benzene rings is 1. The summed E-state index contributed by atoms with van der Waals surface area (Å²) in [5.41, 5.74) is 0.762. The SMILES string of the molecule is CCNC(CC)C(C)N(C)Cc1ccccc1F. The fourth-order valence-electron chi connectivity index (χ4n) is 2.26. The number of nitrogens with one attached hydrogen (secondary N) is 1. The van der Waals surface area contributed by atoms with Gasteiger partial charge in [-0.15, -0.1) is 0 Å². The molecule has 102 valence electrons. The van der Waals surface area contributed by atoms with Gasteiger partial charge in [0.2, 0.25) is 0 Å². The quantitative estimate of drug-likeness (QED) is 0.802. The van der Waals surface area contributed by atoms with Crippen LogP contribution in [0.4, 0.5) is 4.39 Å². The highest BCUT2D eigenvalue weighted by Gasteiger charge is 2.19. The number of nitrogens with zero attached hydrogens (tertiary/aromatic N) is 1. The van der Waals surface area contributed by atoms with E-state index < -0.39 is 0 Å². The van der Waals surface area contributed by atoms with Crippen LogP contribution in [0, 0.1) is 5.82 Å². The van der Waals surface area contributed by atoms with Crippen molar-refractivity contribution in [2.75, 3.05) is 13.6 Å². The van der Waals surface area contributed by atoms with Gasteiger partial charge in [-0.1, -0.05) is 32.0 Å². The molecule has 0 aromatic heterocycles. The maximum absolute atomic E-state index is 13.6. The molecule has 0 saturated carbocycles. The smallest absolute Gasteiger partial charge is 0.127 e. The number of hydrogen-bond acceptors (Lipinski definition) is 2. The molecule has 2 nitrogen and oxygen atoms in total. The molecule has 0 radical (unpaired) electrons. The van der Waals surface area contributed by atoms with Crippen molar-refractivity contribution in [2.24, 2.45) is 0 Å². The summed E-state index contributed by atoms with van der Waals surface area (Å²) in [6, 6.07) is 7.83. The van der Waals surface area contributed by atoms with Crippen molar-refractivity contribution in [3.8, 4) is 0 Å². The van der Waals surface area contributed by atoms with Crippen molar-refractivity contribution in [1.82, 2.24) is 10.2 Å². The molecule has 2 unspecified atom stereocenters. The van der Waals surface area contributed by atoms with Gasteiger partial charge < -0.3 is 5.32 Å². The zero-order chi connectivity index (χ0) is 13.5. The van der Waals surface area contributed by atoms with Crippen LogP contribution >= 0.6 is 0 Å². The Balaban J connectivity index is 2.64. The van der Waals surface area contributed by atoms with Gasteiger partial charge in [0.25, 0.3) is 0 Å². The molecule has 0 saturated heterocycles. The molecular weight excluding hydrogens is 227 g/mol. The Morgan fingerprint density at radius 1 is 1.28 bits per heavy atom. The lowest BCUT2D eigenvalue weighted by Crippen LogP contribution is -2.46. The Labute approximate surface area is 110 Å². The van der Waals surface area contributed by atoms with Gasteiger partial charge in [0.1, 0.15) is 5.82 Å². The van der Waals surface area contributed by atoms with Crippen LogP contribution in [-0.4, -0.2) is 30.6 Å². The van der Waals surface area contributed by atoms with Crippen LogP contribution in [0.2, 0.25) is 0 Å². The van der Waals surface area contributed by atoms with Crippen molar-refractivity contribution in [3.05, 3.63) is 35.6 Å². The van der Waals surface area contributed by atoms with E-state index in [4.69, 9.17) is 0 Å². The Hall–Kier alpha value is -0.930. The molecule has 1 rings (SSSR count). The molecule has 3 heteroatoms. The summed E-state index contributed by atoms with van der Waals surface area (Å²) in [4.78, 5) is 2.20. The fourth-order valence-corrected chi connectivity index (χ4v) is 2.26. The van der Waals surface area contributed by atoms with Gasteiger partial charge in [-0.05, 0) is 33.0 Å². The van der Waals surface area contributed by atoms with Crippen LogP contribution in [0.3, 0.4) is 0 Å². The summed E-state index contributed by atoms with van der Waals surface area (Å²) < 4.78 is 13.6. The first kappa shape index (κ1) is 15.1. The largest absolute Gasteiger partial charge is 0.313 e. The molecule has 2 atom stereocenters. The molecule has 0 aliphatic rings. The molecule has 1 N–H and O–H groups in total. The minimum atomic E-state index is -0.118. The van der Waals surface area contributed by atoms with Gasteiger partial charge in [0, 0.05) is 24.2 Å². The third kappa shape index (κ3) is 4.07. The highest BCUT2D eigenvalue weighted by atomic mass is 19.1. The maximum Gasteiger partial charge on any atom is 0.127 e. The maximum atomic E-state index is 13.6. The minimum absolute atomic E-state index is 0.118. The molecule has 0 bridgehead atoms. The number of halogens is 1. The summed E-state index contributed by atoms with van der Waals surface area (Å²) in [6.07, 6.45) is 1.08. The second kappa shape index (κ2) is 7.49. The van der Waals surface area contributed by atoms with Gasteiger partial charge in [-0.25, -0.2) is 4.39 Å². The van der Waals surface area contributed by atoms with E-state index in [9.17, 15) is 4.39 Å². The first-order valence-electron chi connectivity index (χ1n) is 6.77. The van der Waals surface area contributed by atoms with Gasteiger partial charge in [0.05, 0.1) is 0 Å². The van der Waals surface area contributed by atoms with Crippen LogP contribution in [0.25, 0.3) is 0 Å². The van der Waals surface area contributed by atoms with E-state index in [1.165, 1.54) is 6.07 Å². The molecular formula is C15H25FN2. The molecule has 0 heterocycles. The average molecular weight is 252 g/mol. The first-order valence-corrected chi connectivity index (χ1v) is 6.77. The monoisotopic (exact) mass is 252 g/mol. The Kier molecular flexibility index (Phi) is 6.30.